The molecule has 0 amide bonds. The largest absolute Gasteiger partial charge is 0.396 e. The summed E-state index contributed by atoms with van der Waals surface area (Å²) in [4.78, 5) is 3.98. The Labute approximate surface area is 118 Å². The van der Waals surface area contributed by atoms with E-state index in [9.17, 15) is 8.42 Å². The fraction of sp³-hybridized carbons (Fsp3) is 0.583. The predicted octanol–water partition coefficient (Wildman–Crippen LogP) is 1.66. The number of hydrogen-bond donors (Lipinski definition) is 1. The summed E-state index contributed by atoms with van der Waals surface area (Å²) in [5.74, 6) is 0. The molecule has 1 fully saturated rings. The monoisotopic (exact) mass is 304 g/mol. The highest BCUT2D eigenvalue weighted by molar-refractivity contribution is 7.89. The number of rotatable bonds is 6. The van der Waals surface area contributed by atoms with E-state index in [-0.39, 0.29) is 22.7 Å². The minimum absolute atomic E-state index is 0.0163. The fourth-order valence-electron chi connectivity index (χ4n) is 2.05. The Hall–Kier alpha value is -0.690. The van der Waals surface area contributed by atoms with Crippen molar-refractivity contribution >= 4 is 21.6 Å². The van der Waals surface area contributed by atoms with Crippen LogP contribution < -0.4 is 0 Å². The van der Waals surface area contributed by atoms with E-state index in [1.807, 2.05) is 0 Å². The molecular weight excluding hydrogens is 288 g/mol. The zero-order valence-electron chi connectivity index (χ0n) is 10.5. The second kappa shape index (κ2) is 6.17. The van der Waals surface area contributed by atoms with Gasteiger partial charge < -0.3 is 5.11 Å². The van der Waals surface area contributed by atoms with Crippen molar-refractivity contribution in [3.63, 3.8) is 0 Å². The summed E-state index contributed by atoms with van der Waals surface area (Å²) < 4.78 is 26.6. The summed E-state index contributed by atoms with van der Waals surface area (Å²) >= 11 is 5.67. The highest BCUT2D eigenvalue weighted by Gasteiger charge is 2.34. The first kappa shape index (κ1) is 14.7. The van der Waals surface area contributed by atoms with Gasteiger partial charge in [0, 0.05) is 25.4 Å². The lowest BCUT2D eigenvalue weighted by molar-refractivity contribution is 0.198. The van der Waals surface area contributed by atoms with Crippen molar-refractivity contribution in [3.05, 3.63) is 23.5 Å². The van der Waals surface area contributed by atoms with Crippen molar-refractivity contribution in [2.75, 3.05) is 13.2 Å². The molecule has 1 saturated carbocycles. The van der Waals surface area contributed by atoms with Gasteiger partial charge in [0.05, 0.1) is 0 Å². The first-order valence-electron chi connectivity index (χ1n) is 6.30. The Morgan fingerprint density at radius 3 is 2.63 bits per heavy atom. The molecule has 1 heterocycles. The van der Waals surface area contributed by atoms with Gasteiger partial charge in [-0.25, -0.2) is 13.4 Å². The molecule has 0 spiro atoms. The highest BCUT2D eigenvalue weighted by atomic mass is 35.5. The molecule has 2 rings (SSSR count). The van der Waals surface area contributed by atoms with Crippen LogP contribution in [0, 0.1) is 0 Å². The van der Waals surface area contributed by atoms with E-state index in [1.165, 1.54) is 22.6 Å². The molecule has 1 aromatic rings. The van der Waals surface area contributed by atoms with E-state index in [0.717, 1.165) is 19.3 Å². The zero-order valence-corrected chi connectivity index (χ0v) is 12.1. The van der Waals surface area contributed by atoms with Gasteiger partial charge in [-0.2, -0.15) is 4.31 Å². The third-order valence-corrected chi connectivity index (χ3v) is 5.48. The zero-order chi connectivity index (χ0) is 13.9. The van der Waals surface area contributed by atoms with Gasteiger partial charge in [0.25, 0.3) is 0 Å². The third-order valence-electron chi connectivity index (χ3n) is 3.33. The van der Waals surface area contributed by atoms with E-state index >= 15 is 0 Å². The average Bonchev–Trinajstić information content (AvgIpc) is 2.32. The summed E-state index contributed by atoms with van der Waals surface area (Å²) in [5, 5.41) is 9.18. The standard InChI is InChI=1S/C12H17ClN2O3S/c13-12-6-5-11(9-14-12)19(17,18)15(7-2-8-16)10-3-1-4-10/h5-6,9-10,16H,1-4,7-8H2. The van der Waals surface area contributed by atoms with E-state index < -0.39 is 10.0 Å². The van der Waals surface area contributed by atoms with Crippen molar-refractivity contribution in [1.29, 1.82) is 0 Å². The van der Waals surface area contributed by atoms with Crippen LogP contribution in [0.25, 0.3) is 0 Å². The molecule has 0 saturated heterocycles. The Morgan fingerprint density at radius 1 is 1.42 bits per heavy atom. The molecule has 0 radical (unpaired) electrons. The summed E-state index contributed by atoms with van der Waals surface area (Å²) in [5.41, 5.74) is 0. The van der Waals surface area contributed by atoms with Crippen molar-refractivity contribution in [2.24, 2.45) is 0 Å². The maximum atomic E-state index is 12.5. The van der Waals surface area contributed by atoms with Crippen LogP contribution in [0.1, 0.15) is 25.7 Å². The lowest BCUT2D eigenvalue weighted by Gasteiger charge is -2.36. The van der Waals surface area contributed by atoms with E-state index in [4.69, 9.17) is 16.7 Å². The van der Waals surface area contributed by atoms with Gasteiger partial charge >= 0.3 is 0 Å². The number of pyridine rings is 1. The van der Waals surface area contributed by atoms with E-state index in [1.54, 1.807) is 0 Å². The van der Waals surface area contributed by atoms with Crippen LogP contribution >= 0.6 is 11.6 Å². The summed E-state index contributed by atoms with van der Waals surface area (Å²) in [7, 11) is -3.55. The maximum Gasteiger partial charge on any atom is 0.244 e. The van der Waals surface area contributed by atoms with Crippen molar-refractivity contribution in [2.45, 2.75) is 36.6 Å². The molecule has 5 nitrogen and oxygen atoms in total. The minimum atomic E-state index is -3.55. The predicted molar refractivity (Wildman–Crippen MR) is 72.5 cm³/mol. The minimum Gasteiger partial charge on any atom is -0.396 e. The molecule has 0 aliphatic heterocycles. The number of aliphatic hydroxyl groups excluding tert-OH is 1. The second-order valence-corrected chi connectivity index (χ2v) is 6.87. The topological polar surface area (TPSA) is 70.5 Å². The SMILES string of the molecule is O=S(=O)(c1ccc(Cl)nc1)N(CCCO)C1CCC1. The molecule has 1 N–H and O–H groups in total. The van der Waals surface area contributed by atoms with E-state index in [0.29, 0.717) is 13.0 Å². The van der Waals surface area contributed by atoms with Crippen molar-refractivity contribution < 1.29 is 13.5 Å². The smallest absolute Gasteiger partial charge is 0.244 e. The van der Waals surface area contributed by atoms with Crippen LogP contribution in [0.15, 0.2) is 23.2 Å². The van der Waals surface area contributed by atoms with Crippen LogP contribution in [0.3, 0.4) is 0 Å². The molecule has 1 aromatic heterocycles. The molecule has 0 aromatic carbocycles. The van der Waals surface area contributed by atoms with Crippen LogP contribution in [0.4, 0.5) is 0 Å². The van der Waals surface area contributed by atoms with Crippen LogP contribution in [0.5, 0.6) is 0 Å². The van der Waals surface area contributed by atoms with Gasteiger partial charge in [0.2, 0.25) is 10.0 Å². The Bertz CT molecular complexity index is 514. The van der Waals surface area contributed by atoms with Crippen molar-refractivity contribution in [3.8, 4) is 0 Å². The Balaban J connectivity index is 2.24. The number of hydrogen-bond acceptors (Lipinski definition) is 4. The van der Waals surface area contributed by atoms with Crippen molar-refractivity contribution in [1.82, 2.24) is 9.29 Å². The first-order valence-corrected chi connectivity index (χ1v) is 8.12. The first-order chi connectivity index (χ1) is 9.05. The summed E-state index contributed by atoms with van der Waals surface area (Å²) in [6.07, 6.45) is 4.53. The van der Waals surface area contributed by atoms with Gasteiger partial charge in [0.15, 0.2) is 0 Å². The summed E-state index contributed by atoms with van der Waals surface area (Å²) in [6.45, 7) is 0.323. The molecule has 0 atom stereocenters. The Morgan fingerprint density at radius 2 is 2.16 bits per heavy atom. The van der Waals surface area contributed by atoms with Gasteiger partial charge in [0.1, 0.15) is 10.0 Å². The molecule has 1 aliphatic carbocycles. The number of nitrogens with zero attached hydrogens (tertiary/aromatic N) is 2. The lowest BCUT2D eigenvalue weighted by Crippen LogP contribution is -2.44. The molecule has 1 aliphatic rings. The van der Waals surface area contributed by atoms with Crippen LogP contribution in [0.2, 0.25) is 5.15 Å². The molecular formula is C12H17ClN2O3S. The van der Waals surface area contributed by atoms with Gasteiger partial charge in [-0.1, -0.05) is 18.0 Å². The Kier molecular flexibility index (Phi) is 4.78. The number of sulfonamides is 1. The third kappa shape index (κ3) is 3.25. The highest BCUT2D eigenvalue weighted by Crippen LogP contribution is 2.30. The molecule has 0 unspecified atom stereocenters. The molecule has 19 heavy (non-hydrogen) atoms. The second-order valence-electron chi connectivity index (χ2n) is 4.59. The number of aromatic nitrogens is 1. The summed E-state index contributed by atoms with van der Waals surface area (Å²) in [6, 6.07) is 2.99. The van der Waals surface area contributed by atoms with E-state index in [2.05, 4.69) is 4.98 Å². The fourth-order valence-corrected chi connectivity index (χ4v) is 3.83. The van der Waals surface area contributed by atoms with Gasteiger partial charge in [-0.3, -0.25) is 0 Å². The molecule has 106 valence electrons. The van der Waals surface area contributed by atoms with Gasteiger partial charge in [-0.15, -0.1) is 0 Å². The number of aliphatic hydroxyl groups is 1. The normalized spacial score (nSPS) is 16.6. The maximum absolute atomic E-state index is 12.5. The van der Waals surface area contributed by atoms with Gasteiger partial charge in [-0.05, 0) is 31.4 Å². The van der Waals surface area contributed by atoms with Crippen LogP contribution in [-0.2, 0) is 10.0 Å². The average molecular weight is 305 g/mol. The quantitative estimate of drug-likeness (QED) is 0.812. The molecule has 7 heteroatoms. The lowest BCUT2D eigenvalue weighted by atomic mass is 9.93. The number of halogens is 1. The van der Waals surface area contributed by atoms with Crippen LogP contribution in [-0.4, -0.2) is 42.0 Å². The molecule has 0 bridgehead atoms.